The summed E-state index contributed by atoms with van der Waals surface area (Å²) in [4.78, 5) is 21.4. The van der Waals surface area contributed by atoms with E-state index in [-0.39, 0.29) is 27.9 Å². The molecule has 2 aromatic heterocycles. The molecule has 0 fully saturated rings. The molecule has 0 aliphatic heterocycles. The van der Waals surface area contributed by atoms with E-state index >= 15 is 0 Å². The van der Waals surface area contributed by atoms with E-state index in [4.69, 9.17) is 9.47 Å². The predicted molar refractivity (Wildman–Crippen MR) is 143 cm³/mol. The first kappa shape index (κ1) is 26.9. The van der Waals surface area contributed by atoms with Gasteiger partial charge in [0, 0.05) is 23.9 Å². The molecule has 0 amide bonds. The Morgan fingerprint density at radius 1 is 0.974 bits per heavy atom. The molecule has 0 spiro atoms. The van der Waals surface area contributed by atoms with Crippen LogP contribution in [0.2, 0.25) is 0 Å². The van der Waals surface area contributed by atoms with Gasteiger partial charge in [0.1, 0.15) is 23.0 Å². The van der Waals surface area contributed by atoms with E-state index in [1.807, 2.05) is 19.9 Å². The van der Waals surface area contributed by atoms with Gasteiger partial charge in [0.25, 0.3) is 5.56 Å². The molecule has 0 unspecified atom stereocenters. The Bertz CT molecular complexity index is 1610. The number of aryl methyl sites for hydroxylation is 2. The van der Waals surface area contributed by atoms with Crippen LogP contribution < -0.4 is 15.0 Å². The number of sulfone groups is 1. The number of nitrogens with zero attached hydrogens (tertiary/aromatic N) is 3. The highest BCUT2D eigenvalue weighted by Crippen LogP contribution is 2.34. The first-order valence-electron chi connectivity index (χ1n) is 12.1. The molecule has 0 saturated carbocycles. The van der Waals surface area contributed by atoms with E-state index in [0.29, 0.717) is 12.8 Å². The number of rotatable bonds is 9. The van der Waals surface area contributed by atoms with E-state index < -0.39 is 26.2 Å². The molecule has 2 heterocycles. The second-order valence-electron chi connectivity index (χ2n) is 8.60. The van der Waals surface area contributed by atoms with Crippen molar-refractivity contribution in [2.24, 2.45) is 0 Å². The van der Waals surface area contributed by atoms with Crippen molar-refractivity contribution >= 4 is 9.84 Å². The molecule has 10 heteroatoms. The van der Waals surface area contributed by atoms with Crippen LogP contribution in [-0.2, 0) is 16.3 Å². The molecular formula is C28H29N3O6S. The fourth-order valence-corrected chi connectivity index (χ4v) is 5.62. The summed E-state index contributed by atoms with van der Waals surface area (Å²) in [7, 11) is -1.59. The Morgan fingerprint density at radius 3 is 2.21 bits per heavy atom. The minimum Gasteiger partial charge on any atom is -0.494 e. The minimum absolute atomic E-state index is 0.156. The predicted octanol–water partition coefficient (Wildman–Crippen LogP) is 4.50. The molecule has 0 bridgehead atoms. The number of pyridine rings is 1. The summed E-state index contributed by atoms with van der Waals surface area (Å²) < 4.78 is 39.6. The number of benzene rings is 2. The lowest BCUT2D eigenvalue weighted by Gasteiger charge is -2.19. The Balaban J connectivity index is 1.93. The van der Waals surface area contributed by atoms with Crippen LogP contribution >= 0.6 is 0 Å². The van der Waals surface area contributed by atoms with Gasteiger partial charge in [-0.15, -0.1) is 0 Å². The molecule has 0 radical (unpaired) electrons. The summed E-state index contributed by atoms with van der Waals surface area (Å²) in [5, 5.41) is 10.8. The maximum atomic E-state index is 13.9. The van der Waals surface area contributed by atoms with Crippen LogP contribution in [0.5, 0.6) is 17.4 Å². The van der Waals surface area contributed by atoms with Crippen molar-refractivity contribution < 1.29 is 23.0 Å². The van der Waals surface area contributed by atoms with Crippen LogP contribution in [0.3, 0.4) is 0 Å². The van der Waals surface area contributed by atoms with E-state index in [1.54, 1.807) is 42.6 Å². The highest BCUT2D eigenvalue weighted by Gasteiger charge is 2.31. The molecule has 0 aliphatic rings. The molecule has 38 heavy (non-hydrogen) atoms. The lowest BCUT2D eigenvalue weighted by molar-refractivity contribution is 0.386. The van der Waals surface area contributed by atoms with Gasteiger partial charge >= 0.3 is 0 Å². The van der Waals surface area contributed by atoms with Crippen LogP contribution in [-0.4, -0.2) is 42.3 Å². The second-order valence-corrected chi connectivity index (χ2v) is 10.5. The number of hydrogen-bond acceptors (Lipinski definition) is 8. The molecular weight excluding hydrogens is 506 g/mol. The minimum atomic E-state index is -4.46. The lowest BCUT2D eigenvalue weighted by atomic mass is 10.1. The van der Waals surface area contributed by atoms with Gasteiger partial charge in [-0.3, -0.25) is 14.3 Å². The average molecular weight is 536 g/mol. The number of methoxy groups -OCH3 is 2. The van der Waals surface area contributed by atoms with Crippen LogP contribution in [0.1, 0.15) is 31.3 Å². The Hall–Kier alpha value is -4.18. The van der Waals surface area contributed by atoms with Gasteiger partial charge in [0.2, 0.25) is 15.7 Å². The summed E-state index contributed by atoms with van der Waals surface area (Å²) in [6.07, 6.45) is 3.45. The first-order chi connectivity index (χ1) is 18.2. The number of para-hydroxylation sites is 1. The summed E-state index contributed by atoms with van der Waals surface area (Å²) in [6.45, 7) is 3.83. The van der Waals surface area contributed by atoms with Crippen molar-refractivity contribution in [2.45, 2.75) is 42.9 Å². The van der Waals surface area contributed by atoms with Gasteiger partial charge in [-0.1, -0.05) is 37.6 Å². The standard InChI is InChI=1S/C28H29N3O6S/c1-5-6-12-24-30-27(32)26(28(33)31(24)25-22(36-3)10-7-11-23(25)37-4)38(34,35)20-15-13-19(14-16-20)21-9-8-17-29-18(21)2/h7-11,13-17,32H,5-6,12H2,1-4H3. The van der Waals surface area contributed by atoms with Crippen LogP contribution in [0.4, 0.5) is 0 Å². The molecule has 1 N–H and O–H groups in total. The van der Waals surface area contributed by atoms with Crippen molar-refractivity contribution in [3.63, 3.8) is 0 Å². The fraction of sp³-hybridized carbons (Fsp3) is 0.250. The van der Waals surface area contributed by atoms with E-state index in [2.05, 4.69) is 9.97 Å². The Labute approximate surface area is 221 Å². The van der Waals surface area contributed by atoms with Crippen molar-refractivity contribution in [2.75, 3.05) is 14.2 Å². The van der Waals surface area contributed by atoms with Gasteiger partial charge in [0.05, 0.1) is 19.1 Å². The van der Waals surface area contributed by atoms with Gasteiger partial charge in [0.15, 0.2) is 4.90 Å². The monoisotopic (exact) mass is 535 g/mol. The second kappa shape index (κ2) is 11.1. The van der Waals surface area contributed by atoms with Gasteiger partial charge < -0.3 is 14.6 Å². The number of aromatic hydroxyl groups is 1. The summed E-state index contributed by atoms with van der Waals surface area (Å²) in [6, 6.07) is 14.7. The van der Waals surface area contributed by atoms with Crippen molar-refractivity contribution in [1.29, 1.82) is 0 Å². The van der Waals surface area contributed by atoms with Gasteiger partial charge in [-0.05, 0) is 49.2 Å². The summed E-state index contributed by atoms with van der Waals surface area (Å²) in [5.74, 6) is -0.0793. The van der Waals surface area contributed by atoms with Gasteiger partial charge in [-0.25, -0.2) is 8.42 Å². The molecule has 4 aromatic rings. The lowest BCUT2D eigenvalue weighted by Crippen LogP contribution is -2.29. The molecule has 9 nitrogen and oxygen atoms in total. The fourth-order valence-electron chi connectivity index (χ4n) is 4.28. The zero-order chi connectivity index (χ0) is 27.4. The Morgan fingerprint density at radius 2 is 1.63 bits per heavy atom. The molecule has 4 rings (SSSR count). The quantitative estimate of drug-likeness (QED) is 0.333. The third-order valence-corrected chi connectivity index (χ3v) is 8.01. The van der Waals surface area contributed by atoms with Crippen LogP contribution in [0.25, 0.3) is 16.8 Å². The third-order valence-electron chi connectivity index (χ3n) is 6.22. The topological polar surface area (TPSA) is 121 Å². The van der Waals surface area contributed by atoms with E-state index in [0.717, 1.165) is 27.8 Å². The molecule has 0 aliphatic carbocycles. The van der Waals surface area contributed by atoms with Gasteiger partial charge in [-0.2, -0.15) is 4.98 Å². The summed E-state index contributed by atoms with van der Waals surface area (Å²) in [5.41, 5.74) is 1.68. The molecule has 2 aromatic carbocycles. The molecule has 198 valence electrons. The average Bonchev–Trinajstić information content (AvgIpc) is 2.91. The van der Waals surface area contributed by atoms with Crippen molar-refractivity contribution in [3.8, 4) is 34.2 Å². The normalized spacial score (nSPS) is 11.4. The zero-order valence-corrected chi connectivity index (χ0v) is 22.4. The number of ether oxygens (including phenoxy) is 2. The van der Waals surface area contributed by atoms with E-state index in [9.17, 15) is 18.3 Å². The zero-order valence-electron chi connectivity index (χ0n) is 21.6. The number of unbranched alkanes of at least 4 members (excludes halogenated alkanes) is 1. The summed E-state index contributed by atoms with van der Waals surface area (Å²) >= 11 is 0. The SMILES string of the molecule is CCCCc1nc(O)c(S(=O)(=O)c2ccc(-c3cccnc3C)cc2)c(=O)n1-c1c(OC)cccc1OC. The molecule has 0 saturated heterocycles. The highest BCUT2D eigenvalue weighted by atomic mass is 32.2. The van der Waals surface area contributed by atoms with Crippen LogP contribution in [0.15, 0.2) is 75.4 Å². The number of aromatic nitrogens is 3. The van der Waals surface area contributed by atoms with Crippen molar-refractivity contribution in [3.05, 3.63) is 82.7 Å². The first-order valence-corrected chi connectivity index (χ1v) is 13.6. The maximum absolute atomic E-state index is 13.9. The largest absolute Gasteiger partial charge is 0.494 e. The molecule has 0 atom stereocenters. The smallest absolute Gasteiger partial charge is 0.281 e. The number of hydrogen-bond donors (Lipinski definition) is 1. The van der Waals surface area contributed by atoms with Crippen LogP contribution in [0, 0.1) is 6.92 Å². The van der Waals surface area contributed by atoms with Crippen molar-refractivity contribution in [1.82, 2.24) is 14.5 Å². The maximum Gasteiger partial charge on any atom is 0.281 e. The van der Waals surface area contributed by atoms with E-state index in [1.165, 1.54) is 26.4 Å². The Kier molecular flexibility index (Phi) is 7.82. The highest BCUT2D eigenvalue weighted by molar-refractivity contribution is 7.91. The third kappa shape index (κ3) is 4.87.